The maximum absolute atomic E-state index is 4.55. The summed E-state index contributed by atoms with van der Waals surface area (Å²) in [7, 11) is 0. The third-order valence-corrected chi connectivity index (χ3v) is 3.93. The maximum Gasteiger partial charge on any atom is 0.194 e. The van der Waals surface area contributed by atoms with E-state index in [9.17, 15) is 0 Å². The Morgan fingerprint density at radius 1 is 1.19 bits per heavy atom. The van der Waals surface area contributed by atoms with Crippen LogP contribution in [-0.2, 0) is 0 Å². The molecule has 1 aliphatic rings. The van der Waals surface area contributed by atoms with E-state index in [1.807, 2.05) is 0 Å². The summed E-state index contributed by atoms with van der Waals surface area (Å²) >= 11 is 0. The van der Waals surface area contributed by atoms with Gasteiger partial charge in [0.25, 0.3) is 0 Å². The number of halogens is 1. The largest absolute Gasteiger partial charge is 0.350 e. The molecule has 1 N–H and O–H groups in total. The van der Waals surface area contributed by atoms with Gasteiger partial charge >= 0.3 is 0 Å². The van der Waals surface area contributed by atoms with E-state index in [1.54, 1.807) is 0 Å². The predicted molar refractivity (Wildman–Crippen MR) is 100 cm³/mol. The number of guanidine groups is 1. The molecule has 3 nitrogen and oxygen atoms in total. The normalized spacial score (nSPS) is 15.5. The fourth-order valence-corrected chi connectivity index (χ4v) is 2.68. The minimum Gasteiger partial charge on any atom is -0.350 e. The second-order valence-electron chi connectivity index (χ2n) is 5.26. The zero-order chi connectivity index (χ0) is 13.9. The monoisotopic (exact) mass is 395 g/mol. The van der Waals surface area contributed by atoms with Crippen LogP contribution in [0.2, 0.25) is 0 Å². The van der Waals surface area contributed by atoms with Gasteiger partial charge in [-0.3, -0.25) is 4.99 Å². The van der Waals surface area contributed by atoms with Crippen LogP contribution >= 0.6 is 24.0 Å². The number of hydrogen-bond donors (Lipinski definition) is 1. The molecule has 0 aliphatic carbocycles. The summed E-state index contributed by atoms with van der Waals surface area (Å²) in [6.45, 7) is 7.31. The van der Waals surface area contributed by atoms with Gasteiger partial charge in [0.1, 0.15) is 0 Å². The molecule has 0 amide bonds. The molecule has 21 heavy (non-hydrogen) atoms. The maximum atomic E-state index is 4.55. The van der Waals surface area contributed by atoms with Gasteiger partial charge in [-0.1, -0.05) is 36.4 Å². The van der Waals surface area contributed by atoms with Gasteiger partial charge in [0.2, 0.25) is 0 Å². The standard InChI is InChI=1S/C17H21N3.HI/c1-3-20-11-10-18-17(20)19-13(2)15-9-8-14-6-4-5-7-16(14)12-15;/h4-9,12-13H,3,10-11H2,1-2H3,(H,18,19);1H. The number of nitrogens with one attached hydrogen (secondary N) is 1. The zero-order valence-corrected chi connectivity index (χ0v) is 14.9. The van der Waals surface area contributed by atoms with Crippen molar-refractivity contribution >= 4 is 40.7 Å². The molecule has 2 aromatic rings. The average molecular weight is 395 g/mol. The van der Waals surface area contributed by atoms with Crippen molar-refractivity contribution in [3.05, 3.63) is 48.0 Å². The summed E-state index contributed by atoms with van der Waals surface area (Å²) in [5.41, 5.74) is 1.30. The van der Waals surface area contributed by atoms with Crippen LogP contribution in [0.1, 0.15) is 25.5 Å². The number of rotatable bonds is 3. The lowest BCUT2D eigenvalue weighted by atomic mass is 10.0. The minimum atomic E-state index is 0. The second-order valence-corrected chi connectivity index (χ2v) is 5.26. The lowest BCUT2D eigenvalue weighted by Gasteiger charge is -2.23. The van der Waals surface area contributed by atoms with E-state index < -0.39 is 0 Å². The molecule has 1 atom stereocenters. The molecule has 0 saturated heterocycles. The Morgan fingerprint density at radius 3 is 2.71 bits per heavy atom. The summed E-state index contributed by atoms with van der Waals surface area (Å²) in [6.07, 6.45) is 0. The molecule has 4 heteroatoms. The molecule has 0 saturated carbocycles. The molecule has 0 spiro atoms. The van der Waals surface area contributed by atoms with Crippen LogP contribution in [-0.4, -0.2) is 30.5 Å². The van der Waals surface area contributed by atoms with Crippen LogP contribution in [0.4, 0.5) is 0 Å². The van der Waals surface area contributed by atoms with Crippen LogP contribution in [0.15, 0.2) is 47.5 Å². The van der Waals surface area contributed by atoms with E-state index >= 15 is 0 Å². The first-order valence-electron chi connectivity index (χ1n) is 7.32. The lowest BCUT2D eigenvalue weighted by molar-refractivity contribution is 0.458. The van der Waals surface area contributed by atoms with Crippen LogP contribution in [0, 0.1) is 0 Å². The number of nitrogens with zero attached hydrogens (tertiary/aromatic N) is 2. The van der Waals surface area contributed by atoms with E-state index in [2.05, 4.69) is 71.5 Å². The number of fused-ring (bicyclic) bond motifs is 1. The van der Waals surface area contributed by atoms with Crippen molar-refractivity contribution in [2.24, 2.45) is 4.99 Å². The smallest absolute Gasteiger partial charge is 0.194 e. The molecule has 3 rings (SSSR count). The Bertz CT molecular complexity index is 639. The summed E-state index contributed by atoms with van der Waals surface area (Å²) in [5, 5.41) is 6.12. The number of aliphatic imine (C=N–C) groups is 1. The second kappa shape index (κ2) is 7.11. The first-order chi connectivity index (χ1) is 9.78. The highest BCUT2D eigenvalue weighted by Crippen LogP contribution is 2.20. The van der Waals surface area contributed by atoms with Crippen LogP contribution < -0.4 is 5.32 Å². The van der Waals surface area contributed by atoms with Gasteiger partial charge in [-0.25, -0.2) is 0 Å². The summed E-state index contributed by atoms with van der Waals surface area (Å²) in [4.78, 5) is 6.84. The SMILES string of the molecule is CCN1CCN=C1NC(C)c1ccc2ccccc2c1.I. The van der Waals surface area contributed by atoms with Gasteiger partial charge in [-0.15, -0.1) is 24.0 Å². The van der Waals surface area contributed by atoms with Gasteiger partial charge in [-0.2, -0.15) is 0 Å². The van der Waals surface area contributed by atoms with E-state index in [0.29, 0.717) is 0 Å². The molecule has 0 radical (unpaired) electrons. The zero-order valence-electron chi connectivity index (χ0n) is 12.5. The molecule has 0 aromatic heterocycles. The van der Waals surface area contributed by atoms with Crippen molar-refractivity contribution in [2.45, 2.75) is 19.9 Å². The molecule has 2 aromatic carbocycles. The van der Waals surface area contributed by atoms with E-state index in [-0.39, 0.29) is 30.0 Å². The highest BCUT2D eigenvalue weighted by molar-refractivity contribution is 14.0. The van der Waals surface area contributed by atoms with Gasteiger partial charge in [-0.05, 0) is 36.2 Å². The quantitative estimate of drug-likeness (QED) is 0.801. The van der Waals surface area contributed by atoms with Gasteiger partial charge in [0.05, 0.1) is 12.6 Å². The average Bonchev–Trinajstić information content (AvgIpc) is 2.94. The Kier molecular flexibility index (Phi) is 5.45. The Balaban J connectivity index is 0.00000161. The number of likely N-dealkylation sites (N-methyl/N-ethyl adjacent to an activating group) is 1. The van der Waals surface area contributed by atoms with Crippen molar-refractivity contribution in [3.63, 3.8) is 0 Å². The fourth-order valence-electron chi connectivity index (χ4n) is 2.68. The molecular weight excluding hydrogens is 373 g/mol. The van der Waals surface area contributed by atoms with Gasteiger partial charge in [0.15, 0.2) is 5.96 Å². The van der Waals surface area contributed by atoms with Gasteiger partial charge in [0, 0.05) is 13.1 Å². The Labute approximate surface area is 143 Å². The molecule has 0 bridgehead atoms. The van der Waals surface area contributed by atoms with Crippen molar-refractivity contribution in [1.29, 1.82) is 0 Å². The van der Waals surface area contributed by atoms with Crippen LogP contribution in [0.5, 0.6) is 0 Å². The lowest BCUT2D eigenvalue weighted by Crippen LogP contribution is -2.39. The third kappa shape index (κ3) is 3.48. The molecular formula is C17H22IN3. The Morgan fingerprint density at radius 2 is 1.95 bits per heavy atom. The summed E-state index contributed by atoms with van der Waals surface area (Å²) in [6, 6.07) is 15.4. The fraction of sp³-hybridized carbons (Fsp3) is 0.353. The third-order valence-electron chi connectivity index (χ3n) is 3.93. The first kappa shape index (κ1) is 16.1. The topological polar surface area (TPSA) is 27.6 Å². The highest BCUT2D eigenvalue weighted by atomic mass is 127. The van der Waals surface area contributed by atoms with Crippen molar-refractivity contribution in [2.75, 3.05) is 19.6 Å². The minimum absolute atomic E-state index is 0. The van der Waals surface area contributed by atoms with E-state index in [4.69, 9.17) is 0 Å². The predicted octanol–water partition coefficient (Wildman–Crippen LogP) is 3.80. The van der Waals surface area contributed by atoms with Crippen molar-refractivity contribution < 1.29 is 0 Å². The Hall–Kier alpha value is -1.30. The van der Waals surface area contributed by atoms with Crippen molar-refractivity contribution in [1.82, 2.24) is 10.2 Å². The molecule has 1 aliphatic heterocycles. The first-order valence-corrected chi connectivity index (χ1v) is 7.32. The van der Waals surface area contributed by atoms with E-state index in [0.717, 1.165) is 25.6 Å². The van der Waals surface area contributed by atoms with Gasteiger partial charge < -0.3 is 10.2 Å². The number of hydrogen-bond acceptors (Lipinski definition) is 3. The van der Waals surface area contributed by atoms with Crippen LogP contribution in [0.25, 0.3) is 10.8 Å². The molecule has 112 valence electrons. The van der Waals surface area contributed by atoms with Crippen molar-refractivity contribution in [3.8, 4) is 0 Å². The molecule has 1 unspecified atom stereocenters. The number of benzene rings is 2. The van der Waals surface area contributed by atoms with Crippen LogP contribution in [0.3, 0.4) is 0 Å². The van der Waals surface area contributed by atoms with E-state index in [1.165, 1.54) is 16.3 Å². The summed E-state index contributed by atoms with van der Waals surface area (Å²) < 4.78 is 0. The molecule has 0 fully saturated rings. The molecule has 1 heterocycles. The summed E-state index contributed by atoms with van der Waals surface area (Å²) in [5.74, 6) is 1.04. The highest BCUT2D eigenvalue weighted by Gasteiger charge is 2.17.